The minimum atomic E-state index is 1.29. The summed E-state index contributed by atoms with van der Waals surface area (Å²) in [5, 5.41) is 1.31. The first-order valence-corrected chi connectivity index (χ1v) is 7.87. The van der Waals surface area contributed by atoms with Gasteiger partial charge in [-0.1, -0.05) is 12.1 Å². The van der Waals surface area contributed by atoms with Crippen molar-refractivity contribution in [2.75, 3.05) is 6.26 Å². The third-order valence-electron chi connectivity index (χ3n) is 2.93. The molecule has 0 saturated carbocycles. The van der Waals surface area contributed by atoms with Crippen LogP contribution in [0.2, 0.25) is 0 Å². The zero-order valence-electron chi connectivity index (χ0n) is 10.1. The summed E-state index contributed by atoms with van der Waals surface area (Å²) >= 11 is 3.63. The van der Waals surface area contributed by atoms with Gasteiger partial charge < -0.3 is 0 Å². The van der Waals surface area contributed by atoms with Crippen LogP contribution in [0.3, 0.4) is 0 Å². The summed E-state index contributed by atoms with van der Waals surface area (Å²) in [5.74, 6) is 0. The van der Waals surface area contributed by atoms with Crippen molar-refractivity contribution in [3.63, 3.8) is 0 Å². The zero-order chi connectivity index (χ0) is 12.4. The highest BCUT2D eigenvalue weighted by molar-refractivity contribution is 7.98. The van der Waals surface area contributed by atoms with Gasteiger partial charge in [-0.15, -0.1) is 11.8 Å². The Hall–Kier alpha value is -1.38. The fourth-order valence-corrected chi connectivity index (χ4v) is 3.38. The van der Waals surface area contributed by atoms with Gasteiger partial charge in [0.15, 0.2) is 0 Å². The number of benzene rings is 2. The van der Waals surface area contributed by atoms with Crippen molar-refractivity contribution in [2.24, 2.45) is 0 Å². The molecule has 0 unspecified atom stereocenters. The van der Waals surface area contributed by atoms with Gasteiger partial charge in [0, 0.05) is 28.0 Å². The van der Waals surface area contributed by atoms with Gasteiger partial charge in [-0.25, -0.2) is 0 Å². The van der Waals surface area contributed by atoms with E-state index in [1.54, 1.807) is 11.8 Å². The smallest absolute Gasteiger partial charge is 0.130 e. The summed E-state index contributed by atoms with van der Waals surface area (Å²) in [6, 6.07) is 21.7. The molecule has 0 fully saturated rings. The third-order valence-corrected chi connectivity index (χ3v) is 4.85. The fraction of sp³-hybridized carbons (Fsp3) is 0.0625. The van der Waals surface area contributed by atoms with E-state index in [0.717, 1.165) is 0 Å². The van der Waals surface area contributed by atoms with E-state index in [9.17, 15) is 0 Å². The highest BCUT2D eigenvalue weighted by atomic mass is 32.2. The fourth-order valence-electron chi connectivity index (χ4n) is 1.94. The Morgan fingerprint density at radius 3 is 2.39 bits per heavy atom. The van der Waals surface area contributed by atoms with Gasteiger partial charge in [-0.3, -0.25) is 0 Å². The van der Waals surface area contributed by atoms with Crippen molar-refractivity contribution >= 4 is 33.2 Å². The average Bonchev–Trinajstić information content (AvgIpc) is 2.47. The van der Waals surface area contributed by atoms with Crippen LogP contribution in [0.15, 0.2) is 65.6 Å². The van der Waals surface area contributed by atoms with Crippen LogP contribution >= 0.6 is 23.1 Å². The number of fused-ring (bicyclic) bond motifs is 1. The van der Waals surface area contributed by atoms with E-state index < -0.39 is 0 Å². The molecular weight excluding hydrogens is 256 g/mol. The molecule has 0 aliphatic rings. The van der Waals surface area contributed by atoms with Crippen LogP contribution in [0.4, 0.5) is 0 Å². The van der Waals surface area contributed by atoms with Gasteiger partial charge in [-0.05, 0) is 42.7 Å². The van der Waals surface area contributed by atoms with Crippen LogP contribution in [-0.4, -0.2) is 6.26 Å². The van der Waals surface area contributed by atoms with Crippen LogP contribution in [0.5, 0.6) is 0 Å². The van der Waals surface area contributed by atoms with Crippen LogP contribution in [0.25, 0.3) is 20.5 Å². The standard InChI is InChI=1S/C16H13S2/c1-17-14-9-6-13(7-10-14)16-11-8-12-4-2-3-5-15(12)18-16/h2-11H,1H3/q+1. The molecule has 0 aliphatic heterocycles. The van der Waals surface area contributed by atoms with E-state index >= 15 is 0 Å². The molecule has 18 heavy (non-hydrogen) atoms. The predicted octanol–water partition coefficient (Wildman–Crippen LogP) is 5.57. The van der Waals surface area contributed by atoms with Gasteiger partial charge in [0.25, 0.3) is 0 Å². The second-order valence-corrected chi connectivity index (χ2v) is 6.03. The van der Waals surface area contributed by atoms with Gasteiger partial charge in [0.1, 0.15) is 0 Å². The Balaban J connectivity index is 2.07. The average molecular weight is 269 g/mol. The summed E-state index contributed by atoms with van der Waals surface area (Å²) in [4.78, 5) is 2.63. The van der Waals surface area contributed by atoms with Crippen LogP contribution in [0.1, 0.15) is 0 Å². The molecule has 0 nitrogen and oxygen atoms in total. The van der Waals surface area contributed by atoms with E-state index in [0.29, 0.717) is 0 Å². The summed E-state index contributed by atoms with van der Waals surface area (Å²) in [7, 11) is 0. The Labute approximate surface area is 115 Å². The molecule has 0 N–H and O–H groups in total. The lowest BCUT2D eigenvalue weighted by Crippen LogP contribution is -1.76. The van der Waals surface area contributed by atoms with Crippen LogP contribution in [-0.2, 0) is 0 Å². The molecular formula is C16H13S2+. The Morgan fingerprint density at radius 1 is 0.833 bits per heavy atom. The molecule has 88 valence electrons. The van der Waals surface area contributed by atoms with Crippen molar-refractivity contribution in [3.05, 3.63) is 60.7 Å². The van der Waals surface area contributed by atoms with Gasteiger partial charge in [0.05, 0.1) is 0 Å². The van der Waals surface area contributed by atoms with Crippen LogP contribution in [0, 0.1) is 0 Å². The first-order chi connectivity index (χ1) is 8.86. The van der Waals surface area contributed by atoms with Gasteiger partial charge >= 0.3 is 0 Å². The molecule has 0 amide bonds. The minimum Gasteiger partial charge on any atom is -0.130 e. The number of thioether (sulfide) groups is 1. The maximum absolute atomic E-state index is 2.21. The van der Waals surface area contributed by atoms with Crippen molar-refractivity contribution in [1.82, 2.24) is 0 Å². The van der Waals surface area contributed by atoms with E-state index in [-0.39, 0.29) is 0 Å². The first-order valence-electron chi connectivity index (χ1n) is 5.83. The molecule has 0 saturated heterocycles. The molecule has 0 spiro atoms. The lowest BCUT2D eigenvalue weighted by Gasteiger charge is -1.97. The second kappa shape index (κ2) is 5.09. The Bertz CT molecular complexity index is 672. The highest BCUT2D eigenvalue weighted by Gasteiger charge is 2.12. The topological polar surface area (TPSA) is 0 Å². The zero-order valence-corrected chi connectivity index (χ0v) is 11.7. The lowest BCUT2D eigenvalue weighted by atomic mass is 10.2. The van der Waals surface area contributed by atoms with E-state index in [2.05, 4.69) is 66.9 Å². The second-order valence-electron chi connectivity index (χ2n) is 4.07. The Kier molecular flexibility index (Phi) is 3.31. The highest BCUT2D eigenvalue weighted by Crippen LogP contribution is 2.30. The molecule has 2 aromatic carbocycles. The molecule has 3 aromatic rings. The normalized spacial score (nSPS) is 10.7. The van der Waals surface area contributed by atoms with Gasteiger partial charge in [-0.2, -0.15) is 0 Å². The number of rotatable bonds is 2. The molecule has 3 rings (SSSR count). The van der Waals surface area contributed by atoms with Gasteiger partial charge in [0.2, 0.25) is 20.9 Å². The number of hydrogen-bond acceptors (Lipinski definition) is 1. The largest absolute Gasteiger partial charge is 0.238 e. The number of hydrogen-bond donors (Lipinski definition) is 0. The quantitative estimate of drug-likeness (QED) is 0.433. The molecule has 0 atom stereocenters. The molecule has 1 aromatic heterocycles. The van der Waals surface area contributed by atoms with Crippen molar-refractivity contribution in [2.45, 2.75) is 4.90 Å². The summed E-state index contributed by atoms with van der Waals surface area (Å²) in [6.45, 7) is 0. The minimum absolute atomic E-state index is 1.29. The molecule has 0 aliphatic carbocycles. The van der Waals surface area contributed by atoms with Crippen LogP contribution < -0.4 is 0 Å². The first kappa shape index (κ1) is 11.7. The molecule has 0 radical (unpaired) electrons. The summed E-state index contributed by atoms with van der Waals surface area (Å²) in [6.07, 6.45) is 2.10. The third kappa shape index (κ3) is 2.26. The van der Waals surface area contributed by atoms with E-state index in [1.165, 1.54) is 25.4 Å². The summed E-state index contributed by atoms with van der Waals surface area (Å²) < 4.78 is 1.34. The Morgan fingerprint density at radius 2 is 1.61 bits per heavy atom. The SMILES string of the molecule is CSc1ccc(-c2ccc3ccccc3[s+]2)cc1. The molecule has 1 heterocycles. The maximum Gasteiger partial charge on any atom is 0.238 e. The molecule has 2 heteroatoms. The maximum atomic E-state index is 2.21. The summed E-state index contributed by atoms with van der Waals surface area (Å²) in [5.41, 5.74) is 1.29. The monoisotopic (exact) mass is 269 g/mol. The van der Waals surface area contributed by atoms with Crippen molar-refractivity contribution < 1.29 is 0 Å². The predicted molar refractivity (Wildman–Crippen MR) is 83.4 cm³/mol. The van der Waals surface area contributed by atoms with Crippen molar-refractivity contribution in [3.8, 4) is 10.4 Å². The van der Waals surface area contributed by atoms with Crippen molar-refractivity contribution in [1.29, 1.82) is 0 Å². The van der Waals surface area contributed by atoms with E-state index in [4.69, 9.17) is 0 Å². The van der Waals surface area contributed by atoms with E-state index in [1.807, 2.05) is 11.3 Å². The lowest BCUT2D eigenvalue weighted by molar-refractivity contribution is 1.47. The molecule has 0 bridgehead atoms.